The maximum atomic E-state index is 12.4. The molecule has 2 amide bonds. The standard InChI is InChI=1S/C17H29N7O3.C6H13N.C2H6/c1-4-7-8-12(6-3)10-23-15(20-11-24(27)21-9-5-2)13(14(18)19)22-16(25)17(23)26;1-2-7-5-3-4-6-7;1-2/h6-8,11,13,15,21,27H,4-5,9-10H2,1-3H3,(H3,18,19)(H,22,25);2-6H2,1H3;1-2H3/b8-7-,12-6+,20-11+;;. The van der Waals surface area contributed by atoms with Crippen LogP contribution >= 0.6 is 0 Å². The van der Waals surface area contributed by atoms with E-state index in [4.69, 9.17) is 11.1 Å². The molecule has 0 saturated carbocycles. The number of nitrogens with one attached hydrogen (secondary N) is 3. The summed E-state index contributed by atoms with van der Waals surface area (Å²) in [6.07, 6.45) is 10.2. The summed E-state index contributed by atoms with van der Waals surface area (Å²) >= 11 is 0. The van der Waals surface area contributed by atoms with Crippen LogP contribution in [-0.4, -0.2) is 89.1 Å². The van der Waals surface area contributed by atoms with Crippen LogP contribution in [0, 0.1) is 5.41 Å². The zero-order chi connectivity index (χ0) is 27.5. The van der Waals surface area contributed by atoms with Gasteiger partial charge in [-0.2, -0.15) is 5.17 Å². The molecule has 36 heavy (non-hydrogen) atoms. The summed E-state index contributed by atoms with van der Waals surface area (Å²) in [6.45, 7) is 16.6. The number of allylic oxidation sites excluding steroid dienone is 2. The SMILES string of the molecule is C/C=C(\C=C/CC)CN1C(=O)C(=O)NC(C(=N)N)C1/N=C/N(O)NCCC.CC.CCN1CCCC1. The zero-order valence-electron chi connectivity index (χ0n) is 23.0. The number of nitrogens with two attached hydrogens (primary N) is 1. The molecule has 206 valence electrons. The molecule has 2 unspecified atom stereocenters. The van der Waals surface area contributed by atoms with Crippen molar-refractivity contribution in [2.45, 2.75) is 79.4 Å². The number of likely N-dealkylation sites (tertiary alicyclic amines) is 1. The van der Waals surface area contributed by atoms with Gasteiger partial charge in [-0.05, 0) is 57.8 Å². The van der Waals surface area contributed by atoms with Crippen LogP contribution in [-0.2, 0) is 9.59 Å². The van der Waals surface area contributed by atoms with Crippen LogP contribution in [0.15, 0.2) is 28.8 Å². The number of aliphatic imine (C=N–C) groups is 1. The molecule has 2 aliphatic rings. The molecule has 2 aliphatic heterocycles. The normalized spacial score (nSPS) is 20.6. The third-order valence-corrected chi connectivity index (χ3v) is 5.48. The van der Waals surface area contributed by atoms with Crippen molar-refractivity contribution in [2.75, 3.05) is 32.7 Å². The number of hydroxylamine groups is 1. The quantitative estimate of drug-likeness (QED) is 0.0944. The molecule has 2 atom stereocenters. The Morgan fingerprint density at radius 2 is 1.92 bits per heavy atom. The molecule has 0 aromatic carbocycles. The maximum absolute atomic E-state index is 12.4. The fourth-order valence-corrected chi connectivity index (χ4v) is 3.48. The molecule has 2 rings (SSSR count). The minimum atomic E-state index is -0.987. The van der Waals surface area contributed by atoms with E-state index in [1.54, 1.807) is 0 Å². The Morgan fingerprint density at radius 3 is 2.39 bits per heavy atom. The molecule has 0 radical (unpaired) electrons. The molecule has 0 aromatic rings. The number of rotatable bonds is 11. The van der Waals surface area contributed by atoms with E-state index in [-0.39, 0.29) is 12.4 Å². The zero-order valence-corrected chi connectivity index (χ0v) is 23.0. The minimum absolute atomic E-state index is 0.124. The lowest BCUT2D eigenvalue weighted by atomic mass is 10.1. The summed E-state index contributed by atoms with van der Waals surface area (Å²) in [5.41, 5.74) is 9.08. The Kier molecular flexibility index (Phi) is 17.9. The van der Waals surface area contributed by atoms with E-state index >= 15 is 0 Å². The van der Waals surface area contributed by atoms with Gasteiger partial charge >= 0.3 is 11.8 Å². The van der Waals surface area contributed by atoms with Crippen molar-refractivity contribution in [1.29, 1.82) is 5.41 Å². The maximum Gasteiger partial charge on any atom is 0.313 e. The number of piperazine rings is 1. The van der Waals surface area contributed by atoms with Crippen molar-refractivity contribution in [1.82, 2.24) is 25.7 Å². The molecule has 2 saturated heterocycles. The van der Waals surface area contributed by atoms with E-state index in [9.17, 15) is 14.8 Å². The number of nitrogens with zero attached hydrogens (tertiary/aromatic N) is 4. The highest BCUT2D eigenvalue weighted by Gasteiger charge is 2.42. The van der Waals surface area contributed by atoms with Gasteiger partial charge in [0.2, 0.25) is 0 Å². The van der Waals surface area contributed by atoms with Crippen LogP contribution < -0.4 is 16.5 Å². The van der Waals surface area contributed by atoms with E-state index < -0.39 is 24.0 Å². The molecule has 0 aromatic heterocycles. The number of amides is 2. The van der Waals surface area contributed by atoms with Gasteiger partial charge in [-0.25, -0.2) is 10.4 Å². The Hall–Kier alpha value is -2.76. The second-order valence-corrected chi connectivity index (χ2v) is 8.09. The van der Waals surface area contributed by atoms with Gasteiger partial charge in [-0.1, -0.05) is 52.8 Å². The lowest BCUT2D eigenvalue weighted by Gasteiger charge is -2.38. The molecule has 6 N–H and O–H groups in total. The summed E-state index contributed by atoms with van der Waals surface area (Å²) < 4.78 is 0. The number of carbonyl (C=O) groups is 2. The van der Waals surface area contributed by atoms with Crippen molar-refractivity contribution in [3.8, 4) is 0 Å². The highest BCUT2D eigenvalue weighted by molar-refractivity contribution is 6.36. The molecule has 11 heteroatoms. The fraction of sp³-hybridized carbons (Fsp3) is 0.680. The summed E-state index contributed by atoms with van der Waals surface area (Å²) in [7, 11) is 0. The van der Waals surface area contributed by atoms with Crippen molar-refractivity contribution in [3.05, 3.63) is 23.8 Å². The Balaban J connectivity index is 0.00000114. The lowest BCUT2D eigenvalue weighted by molar-refractivity contribution is -0.150. The monoisotopic (exact) mass is 508 g/mol. The predicted molar refractivity (Wildman–Crippen MR) is 146 cm³/mol. The van der Waals surface area contributed by atoms with Crippen molar-refractivity contribution in [3.63, 3.8) is 0 Å². The first-order valence-electron chi connectivity index (χ1n) is 13.0. The third kappa shape index (κ3) is 11.8. The first-order chi connectivity index (χ1) is 17.3. The average Bonchev–Trinajstić information content (AvgIpc) is 3.42. The predicted octanol–water partition coefficient (Wildman–Crippen LogP) is 2.25. The topological polar surface area (TPSA) is 150 Å². The van der Waals surface area contributed by atoms with Crippen LogP contribution in [0.25, 0.3) is 0 Å². The highest BCUT2D eigenvalue weighted by atomic mass is 16.5. The second-order valence-electron chi connectivity index (χ2n) is 8.09. The number of hydrogen-bond acceptors (Lipinski definition) is 7. The second kappa shape index (κ2) is 19.4. The lowest BCUT2D eigenvalue weighted by Crippen LogP contribution is -2.66. The van der Waals surface area contributed by atoms with E-state index in [0.717, 1.165) is 24.8 Å². The van der Waals surface area contributed by atoms with Crippen LogP contribution in [0.3, 0.4) is 0 Å². The van der Waals surface area contributed by atoms with Crippen molar-refractivity contribution >= 4 is 24.0 Å². The van der Waals surface area contributed by atoms with Crippen molar-refractivity contribution in [2.24, 2.45) is 10.7 Å². The number of carbonyl (C=O) groups excluding carboxylic acids is 2. The summed E-state index contributed by atoms with van der Waals surface area (Å²) in [5.74, 6) is -1.95. The van der Waals surface area contributed by atoms with Gasteiger partial charge in [0.25, 0.3) is 0 Å². The molecule has 0 bridgehead atoms. The van der Waals surface area contributed by atoms with E-state index in [2.05, 4.69) is 27.6 Å². The first kappa shape index (κ1) is 33.2. The number of amidine groups is 1. The first-order valence-corrected chi connectivity index (χ1v) is 13.0. The molecule has 0 aliphatic carbocycles. The molecule has 11 nitrogen and oxygen atoms in total. The van der Waals surface area contributed by atoms with Crippen LogP contribution in [0.4, 0.5) is 0 Å². The smallest absolute Gasteiger partial charge is 0.313 e. The Labute approximate surface area is 216 Å². The third-order valence-electron chi connectivity index (χ3n) is 5.48. The Bertz CT molecular complexity index is 748. The van der Waals surface area contributed by atoms with Gasteiger partial charge in [0, 0.05) is 13.1 Å². The van der Waals surface area contributed by atoms with Gasteiger partial charge < -0.3 is 20.9 Å². The molecule has 0 spiro atoms. The largest absolute Gasteiger partial charge is 0.386 e. The summed E-state index contributed by atoms with van der Waals surface area (Å²) in [6, 6.07) is -0.987. The molecule has 2 fully saturated rings. The number of hydrogen-bond donors (Lipinski definition) is 5. The number of hydrazine groups is 1. The van der Waals surface area contributed by atoms with E-state index in [1.807, 2.05) is 52.8 Å². The van der Waals surface area contributed by atoms with Gasteiger partial charge in [0.15, 0.2) is 6.17 Å². The van der Waals surface area contributed by atoms with E-state index in [1.165, 1.54) is 37.4 Å². The Morgan fingerprint density at radius 1 is 1.28 bits per heavy atom. The van der Waals surface area contributed by atoms with Gasteiger partial charge in [-0.15, -0.1) is 0 Å². The van der Waals surface area contributed by atoms with Gasteiger partial charge in [0.1, 0.15) is 18.2 Å². The van der Waals surface area contributed by atoms with E-state index in [0.29, 0.717) is 11.7 Å². The van der Waals surface area contributed by atoms with Gasteiger partial charge in [0.05, 0.1) is 0 Å². The highest BCUT2D eigenvalue weighted by Crippen LogP contribution is 2.16. The fourth-order valence-electron chi connectivity index (χ4n) is 3.48. The van der Waals surface area contributed by atoms with Crippen LogP contribution in [0.2, 0.25) is 0 Å². The van der Waals surface area contributed by atoms with Crippen LogP contribution in [0.5, 0.6) is 0 Å². The molecule has 2 heterocycles. The van der Waals surface area contributed by atoms with Crippen LogP contribution in [0.1, 0.15) is 67.2 Å². The van der Waals surface area contributed by atoms with Crippen molar-refractivity contribution < 1.29 is 14.8 Å². The van der Waals surface area contributed by atoms with Gasteiger partial charge in [-0.3, -0.25) is 20.2 Å². The molecular weight excluding hydrogens is 460 g/mol. The molecular formula is C25H48N8O3. The minimum Gasteiger partial charge on any atom is -0.386 e. The average molecular weight is 509 g/mol. The summed E-state index contributed by atoms with van der Waals surface area (Å²) in [4.78, 5) is 32.3. The summed E-state index contributed by atoms with van der Waals surface area (Å²) in [5, 5.41) is 20.6.